The number of hydrogen-bond donors (Lipinski definition) is 3. The van der Waals surface area contributed by atoms with Gasteiger partial charge in [0.25, 0.3) is 0 Å². The van der Waals surface area contributed by atoms with Gasteiger partial charge in [-0.2, -0.15) is 0 Å². The highest BCUT2D eigenvalue weighted by molar-refractivity contribution is 6.33. The number of benzene rings is 1. The smallest absolute Gasteiger partial charge is 0.248 e. The van der Waals surface area contributed by atoms with Crippen LogP contribution in [0, 0.1) is 5.92 Å². The summed E-state index contributed by atoms with van der Waals surface area (Å²) in [5.41, 5.74) is 6.50. The van der Waals surface area contributed by atoms with Crippen molar-refractivity contribution in [2.45, 2.75) is 12.8 Å². The average molecular weight is 268 g/mol. The van der Waals surface area contributed by atoms with Crippen LogP contribution in [0.15, 0.2) is 18.2 Å². The Balaban J connectivity index is 1.94. The van der Waals surface area contributed by atoms with Gasteiger partial charge in [0.2, 0.25) is 5.91 Å². The van der Waals surface area contributed by atoms with Gasteiger partial charge in [-0.15, -0.1) is 0 Å². The molecule has 1 fully saturated rings. The maximum absolute atomic E-state index is 11.0. The molecular formula is C13H18ClN3O. The quantitative estimate of drug-likeness (QED) is 0.780. The van der Waals surface area contributed by atoms with E-state index in [-0.39, 0.29) is 0 Å². The Bertz CT molecular complexity index is 430. The van der Waals surface area contributed by atoms with Gasteiger partial charge in [-0.1, -0.05) is 11.6 Å². The minimum atomic E-state index is -0.457. The number of anilines is 1. The minimum absolute atomic E-state index is 0.437. The van der Waals surface area contributed by atoms with Gasteiger partial charge in [0.05, 0.1) is 10.7 Å². The van der Waals surface area contributed by atoms with Crippen molar-refractivity contribution in [1.82, 2.24) is 5.32 Å². The highest BCUT2D eigenvalue weighted by Crippen LogP contribution is 2.24. The molecular weight excluding hydrogens is 250 g/mol. The van der Waals surface area contributed by atoms with Crippen molar-refractivity contribution in [3.05, 3.63) is 28.8 Å². The Morgan fingerprint density at radius 1 is 1.44 bits per heavy atom. The summed E-state index contributed by atoms with van der Waals surface area (Å²) >= 11 is 6.11. The molecule has 1 aromatic carbocycles. The molecule has 1 aliphatic rings. The number of nitrogens with one attached hydrogen (secondary N) is 2. The van der Waals surface area contributed by atoms with E-state index in [0.29, 0.717) is 16.5 Å². The number of carbonyl (C=O) groups excluding carboxylic acids is 1. The SMILES string of the molecule is NC(=O)c1ccc(NCC2CCNCC2)c(Cl)c1. The second-order valence-corrected chi connectivity index (χ2v) is 5.04. The number of hydrogen-bond acceptors (Lipinski definition) is 3. The van der Waals surface area contributed by atoms with E-state index in [1.807, 2.05) is 6.07 Å². The molecule has 1 amide bonds. The van der Waals surface area contributed by atoms with Crippen LogP contribution in [-0.2, 0) is 0 Å². The molecule has 4 N–H and O–H groups in total. The summed E-state index contributed by atoms with van der Waals surface area (Å²) in [4.78, 5) is 11.0. The maximum Gasteiger partial charge on any atom is 0.248 e. The van der Waals surface area contributed by atoms with E-state index in [1.165, 1.54) is 12.8 Å². The van der Waals surface area contributed by atoms with Crippen LogP contribution in [-0.4, -0.2) is 25.5 Å². The Labute approximate surface area is 112 Å². The first-order valence-corrected chi connectivity index (χ1v) is 6.58. The summed E-state index contributed by atoms with van der Waals surface area (Å²) in [6, 6.07) is 5.11. The number of primary amides is 1. The summed E-state index contributed by atoms with van der Waals surface area (Å²) in [5.74, 6) is 0.222. The van der Waals surface area contributed by atoms with Gasteiger partial charge in [-0.3, -0.25) is 4.79 Å². The summed E-state index contributed by atoms with van der Waals surface area (Å²) in [7, 11) is 0. The van der Waals surface area contributed by atoms with Crippen LogP contribution in [0.2, 0.25) is 5.02 Å². The first-order valence-electron chi connectivity index (χ1n) is 6.21. The zero-order chi connectivity index (χ0) is 13.0. The molecule has 1 aliphatic heterocycles. The predicted octanol–water partition coefficient (Wildman–Crippen LogP) is 1.85. The highest BCUT2D eigenvalue weighted by Gasteiger charge is 2.13. The third-order valence-electron chi connectivity index (χ3n) is 3.29. The first-order chi connectivity index (χ1) is 8.66. The lowest BCUT2D eigenvalue weighted by Crippen LogP contribution is -2.31. The van der Waals surface area contributed by atoms with Gasteiger partial charge in [-0.05, 0) is 50.0 Å². The van der Waals surface area contributed by atoms with E-state index >= 15 is 0 Å². The topological polar surface area (TPSA) is 67.2 Å². The Kier molecular flexibility index (Phi) is 4.44. The van der Waals surface area contributed by atoms with E-state index in [0.717, 1.165) is 25.3 Å². The Hall–Kier alpha value is -1.26. The van der Waals surface area contributed by atoms with E-state index in [4.69, 9.17) is 17.3 Å². The zero-order valence-corrected chi connectivity index (χ0v) is 11.0. The first kappa shape index (κ1) is 13.2. The molecule has 1 aromatic rings. The number of carbonyl (C=O) groups is 1. The molecule has 4 nitrogen and oxygen atoms in total. The van der Waals surface area contributed by atoms with Crippen LogP contribution < -0.4 is 16.4 Å². The monoisotopic (exact) mass is 267 g/mol. The van der Waals surface area contributed by atoms with Crippen LogP contribution in [0.3, 0.4) is 0 Å². The molecule has 0 unspecified atom stereocenters. The molecule has 1 saturated heterocycles. The molecule has 98 valence electrons. The van der Waals surface area contributed by atoms with Gasteiger partial charge in [0.15, 0.2) is 0 Å². The standard InChI is InChI=1S/C13H18ClN3O/c14-11-7-10(13(15)18)1-2-12(11)17-8-9-3-5-16-6-4-9/h1-2,7,9,16-17H,3-6,8H2,(H2,15,18). The molecule has 0 aliphatic carbocycles. The van der Waals surface area contributed by atoms with Gasteiger partial charge >= 0.3 is 0 Å². The van der Waals surface area contributed by atoms with E-state index in [1.54, 1.807) is 12.1 Å². The molecule has 1 heterocycles. The van der Waals surface area contributed by atoms with Gasteiger partial charge < -0.3 is 16.4 Å². The van der Waals surface area contributed by atoms with Gasteiger partial charge in [-0.25, -0.2) is 0 Å². The van der Waals surface area contributed by atoms with Crippen molar-refractivity contribution in [1.29, 1.82) is 0 Å². The fourth-order valence-corrected chi connectivity index (χ4v) is 2.40. The summed E-state index contributed by atoms with van der Waals surface area (Å²) < 4.78 is 0. The molecule has 0 bridgehead atoms. The second kappa shape index (κ2) is 6.07. The minimum Gasteiger partial charge on any atom is -0.384 e. The van der Waals surface area contributed by atoms with Crippen molar-refractivity contribution in [2.24, 2.45) is 11.7 Å². The Morgan fingerprint density at radius 3 is 2.78 bits per heavy atom. The van der Waals surface area contributed by atoms with Crippen LogP contribution in [0.4, 0.5) is 5.69 Å². The molecule has 5 heteroatoms. The van der Waals surface area contributed by atoms with E-state index in [2.05, 4.69) is 10.6 Å². The third-order valence-corrected chi connectivity index (χ3v) is 3.61. The lowest BCUT2D eigenvalue weighted by molar-refractivity contribution is 0.100. The van der Waals surface area contributed by atoms with Crippen LogP contribution in [0.1, 0.15) is 23.2 Å². The zero-order valence-electron chi connectivity index (χ0n) is 10.2. The summed E-state index contributed by atoms with van der Waals surface area (Å²) in [6.07, 6.45) is 2.37. The molecule has 2 rings (SSSR count). The van der Waals surface area contributed by atoms with Gasteiger partial charge in [0, 0.05) is 12.1 Å². The van der Waals surface area contributed by atoms with Crippen LogP contribution >= 0.6 is 11.6 Å². The highest BCUT2D eigenvalue weighted by atomic mass is 35.5. The molecule has 0 atom stereocenters. The fraction of sp³-hybridized carbons (Fsp3) is 0.462. The van der Waals surface area contributed by atoms with Crippen molar-refractivity contribution < 1.29 is 4.79 Å². The fourth-order valence-electron chi connectivity index (χ4n) is 2.15. The molecule has 0 radical (unpaired) electrons. The lowest BCUT2D eigenvalue weighted by atomic mass is 9.98. The van der Waals surface area contributed by atoms with Crippen LogP contribution in [0.25, 0.3) is 0 Å². The normalized spacial score (nSPS) is 16.5. The molecule has 0 aromatic heterocycles. The largest absolute Gasteiger partial charge is 0.384 e. The number of nitrogens with two attached hydrogens (primary N) is 1. The van der Waals surface area contributed by atoms with E-state index in [9.17, 15) is 4.79 Å². The number of piperidine rings is 1. The van der Waals surface area contributed by atoms with E-state index < -0.39 is 5.91 Å². The number of rotatable bonds is 4. The Morgan fingerprint density at radius 2 is 2.17 bits per heavy atom. The maximum atomic E-state index is 11.0. The summed E-state index contributed by atoms with van der Waals surface area (Å²) in [5, 5.41) is 7.22. The second-order valence-electron chi connectivity index (χ2n) is 4.63. The van der Waals surface area contributed by atoms with Crippen molar-refractivity contribution >= 4 is 23.2 Å². The average Bonchev–Trinajstić information content (AvgIpc) is 2.38. The van der Waals surface area contributed by atoms with Crippen molar-refractivity contribution in [3.63, 3.8) is 0 Å². The number of amides is 1. The molecule has 18 heavy (non-hydrogen) atoms. The molecule has 0 saturated carbocycles. The summed E-state index contributed by atoms with van der Waals surface area (Å²) in [6.45, 7) is 3.08. The van der Waals surface area contributed by atoms with Crippen molar-refractivity contribution in [2.75, 3.05) is 25.0 Å². The number of halogens is 1. The predicted molar refractivity (Wildman–Crippen MR) is 74.1 cm³/mol. The lowest BCUT2D eigenvalue weighted by Gasteiger charge is -2.23. The third kappa shape index (κ3) is 3.37. The molecule has 0 spiro atoms. The van der Waals surface area contributed by atoms with Crippen molar-refractivity contribution in [3.8, 4) is 0 Å². The van der Waals surface area contributed by atoms with Crippen LogP contribution in [0.5, 0.6) is 0 Å². The van der Waals surface area contributed by atoms with Gasteiger partial charge in [0.1, 0.15) is 0 Å².